The van der Waals surface area contributed by atoms with Crippen LogP contribution in [0.15, 0.2) is 35.1 Å². The number of pyridine rings is 1. The molecule has 3 rings (SSSR count). The molecule has 0 saturated carbocycles. The zero-order chi connectivity index (χ0) is 18.0. The minimum Gasteiger partial charge on any atom is -0.340 e. The van der Waals surface area contributed by atoms with Crippen molar-refractivity contribution in [2.45, 2.75) is 19.1 Å². The van der Waals surface area contributed by atoms with Crippen molar-refractivity contribution in [2.24, 2.45) is 0 Å². The van der Waals surface area contributed by atoms with Gasteiger partial charge in [-0.15, -0.1) is 0 Å². The van der Waals surface area contributed by atoms with E-state index < -0.39 is 17.9 Å². The molecule has 11 heteroatoms. The first-order chi connectivity index (χ1) is 11.8. The highest BCUT2D eigenvalue weighted by atomic mass is 32.1. The van der Waals surface area contributed by atoms with E-state index in [9.17, 15) is 18.0 Å². The zero-order valence-electron chi connectivity index (χ0n) is 12.6. The van der Waals surface area contributed by atoms with E-state index in [2.05, 4.69) is 24.8 Å². The lowest BCUT2D eigenvalue weighted by Crippen LogP contribution is -2.26. The Bertz CT molecular complexity index is 879. The van der Waals surface area contributed by atoms with Crippen LogP contribution in [0.1, 0.15) is 34.2 Å². The first-order valence-corrected chi connectivity index (χ1v) is 7.70. The number of carbonyl (C=O) groups is 1. The smallest absolute Gasteiger partial charge is 0.340 e. The van der Waals surface area contributed by atoms with Crippen LogP contribution in [-0.2, 0) is 6.18 Å². The van der Waals surface area contributed by atoms with Gasteiger partial charge in [-0.25, -0.2) is 4.37 Å². The number of amides is 1. The number of rotatable bonds is 4. The zero-order valence-corrected chi connectivity index (χ0v) is 13.4. The number of halogens is 3. The normalized spacial score (nSPS) is 12.8. The third kappa shape index (κ3) is 3.82. The molecule has 3 aromatic heterocycles. The maximum atomic E-state index is 12.7. The number of nitrogens with one attached hydrogen (secondary N) is 1. The second-order valence-electron chi connectivity index (χ2n) is 4.96. The van der Waals surface area contributed by atoms with Crippen LogP contribution in [0.3, 0.4) is 0 Å². The van der Waals surface area contributed by atoms with Crippen LogP contribution in [0.5, 0.6) is 0 Å². The standard InChI is InChI=1S/C14H10F3N5O2S/c1-7(20-12(23)9-3-5-19-25-9)13-21-11(22-24-13)8-2-4-18-10(6-8)14(15,16)17/h2-7H,1H3,(H,20,23). The van der Waals surface area contributed by atoms with Gasteiger partial charge in [0.2, 0.25) is 11.7 Å². The van der Waals surface area contributed by atoms with Gasteiger partial charge in [0.1, 0.15) is 16.6 Å². The lowest BCUT2D eigenvalue weighted by molar-refractivity contribution is -0.141. The second kappa shape index (κ2) is 6.59. The fourth-order valence-electron chi connectivity index (χ4n) is 1.92. The SMILES string of the molecule is CC(NC(=O)c1ccns1)c1nc(-c2ccnc(C(F)(F)F)c2)no1. The van der Waals surface area contributed by atoms with E-state index in [1.807, 2.05) is 0 Å². The minimum atomic E-state index is -4.57. The van der Waals surface area contributed by atoms with Crippen LogP contribution in [0.4, 0.5) is 13.2 Å². The molecule has 130 valence electrons. The lowest BCUT2D eigenvalue weighted by atomic mass is 10.2. The van der Waals surface area contributed by atoms with Gasteiger partial charge in [0, 0.05) is 18.0 Å². The summed E-state index contributed by atoms with van der Waals surface area (Å²) in [6.45, 7) is 1.62. The average molecular weight is 369 g/mol. The molecule has 1 unspecified atom stereocenters. The predicted octanol–water partition coefficient (Wildman–Crippen LogP) is 3.10. The van der Waals surface area contributed by atoms with Crippen molar-refractivity contribution in [1.82, 2.24) is 24.8 Å². The van der Waals surface area contributed by atoms with Crippen molar-refractivity contribution < 1.29 is 22.5 Å². The molecular weight excluding hydrogens is 359 g/mol. The summed E-state index contributed by atoms with van der Waals surface area (Å²) >= 11 is 1.03. The molecule has 0 aliphatic rings. The summed E-state index contributed by atoms with van der Waals surface area (Å²) in [6.07, 6.45) is -2.06. The van der Waals surface area contributed by atoms with Crippen LogP contribution in [0, 0.1) is 0 Å². The van der Waals surface area contributed by atoms with Gasteiger partial charge in [-0.3, -0.25) is 9.78 Å². The molecule has 0 bridgehead atoms. The van der Waals surface area contributed by atoms with Crippen LogP contribution in [0.2, 0.25) is 0 Å². The summed E-state index contributed by atoms with van der Waals surface area (Å²) in [7, 11) is 0. The first-order valence-electron chi connectivity index (χ1n) is 6.93. The van der Waals surface area contributed by atoms with E-state index in [-0.39, 0.29) is 23.2 Å². The molecule has 7 nitrogen and oxygen atoms in total. The molecular formula is C14H10F3N5O2S. The maximum absolute atomic E-state index is 12.7. The summed E-state index contributed by atoms with van der Waals surface area (Å²) in [4.78, 5) is 19.7. The van der Waals surface area contributed by atoms with E-state index >= 15 is 0 Å². The van der Waals surface area contributed by atoms with Gasteiger partial charge in [-0.2, -0.15) is 18.2 Å². The Hall–Kier alpha value is -2.82. The highest BCUT2D eigenvalue weighted by Gasteiger charge is 2.33. The maximum Gasteiger partial charge on any atom is 0.433 e. The number of nitrogens with zero attached hydrogens (tertiary/aromatic N) is 4. The number of alkyl halides is 3. The summed E-state index contributed by atoms with van der Waals surface area (Å²) in [6, 6.07) is 3.10. The lowest BCUT2D eigenvalue weighted by Gasteiger charge is -2.07. The summed E-state index contributed by atoms with van der Waals surface area (Å²) < 4.78 is 47.0. The van der Waals surface area contributed by atoms with Gasteiger partial charge in [0.15, 0.2) is 0 Å². The number of hydrogen-bond donors (Lipinski definition) is 1. The third-order valence-corrected chi connectivity index (χ3v) is 3.88. The van der Waals surface area contributed by atoms with E-state index in [0.29, 0.717) is 4.88 Å². The van der Waals surface area contributed by atoms with Crippen molar-refractivity contribution in [1.29, 1.82) is 0 Å². The van der Waals surface area contributed by atoms with E-state index in [0.717, 1.165) is 23.8 Å². The Balaban J connectivity index is 1.77. The molecule has 0 radical (unpaired) electrons. The minimum absolute atomic E-state index is 0.0261. The highest BCUT2D eigenvalue weighted by Crippen LogP contribution is 2.30. The fourth-order valence-corrected chi connectivity index (χ4v) is 2.41. The average Bonchev–Trinajstić information content (AvgIpc) is 3.26. The number of hydrogen-bond acceptors (Lipinski definition) is 7. The van der Waals surface area contributed by atoms with Gasteiger partial charge in [0.05, 0.1) is 0 Å². The van der Waals surface area contributed by atoms with E-state index in [4.69, 9.17) is 4.52 Å². The van der Waals surface area contributed by atoms with Crippen molar-refractivity contribution in [3.63, 3.8) is 0 Å². The van der Waals surface area contributed by atoms with Gasteiger partial charge < -0.3 is 9.84 Å². The highest BCUT2D eigenvalue weighted by molar-refractivity contribution is 7.08. The Kier molecular flexibility index (Phi) is 4.49. The molecule has 0 fully saturated rings. The Morgan fingerprint density at radius 2 is 2.12 bits per heavy atom. The van der Waals surface area contributed by atoms with Crippen LogP contribution in [0.25, 0.3) is 11.4 Å². The molecule has 1 amide bonds. The molecule has 1 atom stereocenters. The Morgan fingerprint density at radius 3 is 2.80 bits per heavy atom. The Labute approximate surface area is 143 Å². The van der Waals surface area contributed by atoms with Crippen molar-refractivity contribution >= 4 is 17.4 Å². The molecule has 0 aromatic carbocycles. The molecule has 3 aromatic rings. The van der Waals surface area contributed by atoms with Gasteiger partial charge >= 0.3 is 6.18 Å². The van der Waals surface area contributed by atoms with E-state index in [1.165, 1.54) is 12.3 Å². The van der Waals surface area contributed by atoms with Crippen molar-refractivity contribution in [2.75, 3.05) is 0 Å². The topological polar surface area (TPSA) is 93.8 Å². The summed E-state index contributed by atoms with van der Waals surface area (Å²) in [5.74, 6) is -0.321. The van der Waals surface area contributed by atoms with Crippen molar-refractivity contribution in [3.05, 3.63) is 47.1 Å². The van der Waals surface area contributed by atoms with Crippen LogP contribution in [-0.4, -0.2) is 25.4 Å². The molecule has 0 aliphatic carbocycles. The third-order valence-electron chi connectivity index (χ3n) is 3.13. The van der Waals surface area contributed by atoms with E-state index in [1.54, 1.807) is 13.0 Å². The largest absolute Gasteiger partial charge is 0.433 e. The fraction of sp³-hybridized carbons (Fsp3) is 0.214. The second-order valence-corrected chi connectivity index (χ2v) is 5.79. The molecule has 0 aliphatic heterocycles. The molecule has 0 spiro atoms. The monoisotopic (exact) mass is 369 g/mol. The summed E-state index contributed by atoms with van der Waals surface area (Å²) in [5, 5.41) is 6.30. The molecule has 25 heavy (non-hydrogen) atoms. The van der Waals surface area contributed by atoms with Gasteiger partial charge in [-0.1, -0.05) is 5.16 Å². The van der Waals surface area contributed by atoms with Gasteiger partial charge in [-0.05, 0) is 36.7 Å². The van der Waals surface area contributed by atoms with Crippen LogP contribution < -0.4 is 5.32 Å². The Morgan fingerprint density at radius 1 is 1.32 bits per heavy atom. The quantitative estimate of drug-likeness (QED) is 0.760. The number of carbonyl (C=O) groups excluding carboxylic acids is 1. The van der Waals surface area contributed by atoms with Crippen LogP contribution >= 0.6 is 11.5 Å². The summed E-state index contributed by atoms with van der Waals surface area (Å²) in [5.41, 5.74) is -0.943. The first kappa shape index (κ1) is 17.0. The number of aromatic nitrogens is 4. The van der Waals surface area contributed by atoms with Gasteiger partial charge in [0.25, 0.3) is 5.91 Å². The predicted molar refractivity (Wildman–Crippen MR) is 80.5 cm³/mol. The molecule has 0 saturated heterocycles. The molecule has 1 N–H and O–H groups in total. The van der Waals surface area contributed by atoms with Crippen molar-refractivity contribution in [3.8, 4) is 11.4 Å². The molecule has 3 heterocycles.